The predicted octanol–water partition coefficient (Wildman–Crippen LogP) is 0.604. The van der Waals surface area contributed by atoms with Gasteiger partial charge in [0.25, 0.3) is 0 Å². The Morgan fingerprint density at radius 2 is 2.56 bits per heavy atom. The Hall–Kier alpha value is -1.12. The van der Waals surface area contributed by atoms with E-state index in [2.05, 4.69) is 10.1 Å². The second-order valence-electron chi connectivity index (χ2n) is 2.01. The molecule has 3 heteroatoms. The lowest BCUT2D eigenvalue weighted by molar-refractivity contribution is 0.499. The van der Waals surface area contributed by atoms with Gasteiger partial charge in [-0.25, -0.2) is 10.0 Å². The van der Waals surface area contributed by atoms with E-state index in [9.17, 15) is 0 Å². The van der Waals surface area contributed by atoms with E-state index in [-0.39, 0.29) is 0 Å². The summed E-state index contributed by atoms with van der Waals surface area (Å²) in [6.45, 7) is 0.884. The molecule has 0 N–H and O–H groups in total. The van der Waals surface area contributed by atoms with Crippen molar-refractivity contribution < 1.29 is 0 Å². The second-order valence-corrected chi connectivity index (χ2v) is 2.01. The van der Waals surface area contributed by atoms with Crippen molar-refractivity contribution in [1.82, 2.24) is 5.01 Å². The third-order valence-electron chi connectivity index (χ3n) is 1.40. The third-order valence-corrected chi connectivity index (χ3v) is 1.40. The topological polar surface area (TPSA) is 28.0 Å². The molecule has 0 atom stereocenters. The van der Waals surface area contributed by atoms with Gasteiger partial charge in [0.15, 0.2) is 0 Å². The minimum atomic E-state index is 0.884. The molecular formula is C6H7N3. The number of amidine groups is 1. The summed E-state index contributed by atoms with van der Waals surface area (Å²) < 4.78 is 0. The Kier molecular flexibility index (Phi) is 0.886. The number of rotatable bonds is 0. The molecule has 9 heavy (non-hydrogen) atoms. The van der Waals surface area contributed by atoms with Crippen molar-refractivity contribution in [3.8, 4) is 0 Å². The lowest BCUT2D eigenvalue weighted by Crippen LogP contribution is -2.22. The fourth-order valence-electron chi connectivity index (χ4n) is 0.951. The summed E-state index contributed by atoms with van der Waals surface area (Å²) in [5.74, 6) is 1.07. The predicted molar refractivity (Wildman–Crippen MR) is 36.4 cm³/mol. The summed E-state index contributed by atoms with van der Waals surface area (Å²) in [4.78, 5) is 4.13. The van der Waals surface area contributed by atoms with E-state index in [0.717, 1.165) is 18.8 Å². The van der Waals surface area contributed by atoms with E-state index in [0.29, 0.717) is 0 Å². The van der Waals surface area contributed by atoms with Crippen LogP contribution in [0.3, 0.4) is 0 Å². The van der Waals surface area contributed by atoms with Gasteiger partial charge in [0.1, 0.15) is 5.84 Å². The van der Waals surface area contributed by atoms with Crippen LogP contribution in [-0.4, -0.2) is 23.6 Å². The van der Waals surface area contributed by atoms with Gasteiger partial charge in [-0.15, -0.1) is 0 Å². The Labute approximate surface area is 53.4 Å². The molecule has 0 radical (unpaired) electrons. The maximum absolute atomic E-state index is 4.13. The largest absolute Gasteiger partial charge is 0.248 e. The van der Waals surface area contributed by atoms with Crippen molar-refractivity contribution in [2.45, 2.75) is 6.42 Å². The van der Waals surface area contributed by atoms with Gasteiger partial charge in [-0.2, -0.15) is 5.10 Å². The first-order valence-electron chi connectivity index (χ1n) is 2.98. The Balaban J connectivity index is 2.29. The Morgan fingerprint density at radius 1 is 1.56 bits per heavy atom. The van der Waals surface area contributed by atoms with Crippen LogP contribution < -0.4 is 0 Å². The minimum Gasteiger partial charge on any atom is -0.248 e. The molecule has 0 aromatic rings. The highest BCUT2D eigenvalue weighted by Crippen LogP contribution is 2.07. The SMILES string of the molecule is C1=CN=C2CC=NN2C1. The highest BCUT2D eigenvalue weighted by Gasteiger charge is 2.13. The van der Waals surface area contributed by atoms with E-state index in [4.69, 9.17) is 0 Å². The summed E-state index contributed by atoms with van der Waals surface area (Å²) in [7, 11) is 0. The van der Waals surface area contributed by atoms with Crippen LogP contribution in [0.25, 0.3) is 0 Å². The number of hydrazone groups is 1. The first-order valence-corrected chi connectivity index (χ1v) is 2.98. The fraction of sp³-hybridized carbons (Fsp3) is 0.333. The molecule has 0 aromatic carbocycles. The van der Waals surface area contributed by atoms with Crippen molar-refractivity contribution in [3.63, 3.8) is 0 Å². The van der Waals surface area contributed by atoms with Gasteiger partial charge in [-0.3, -0.25) is 0 Å². The summed E-state index contributed by atoms with van der Waals surface area (Å²) in [6, 6.07) is 0. The van der Waals surface area contributed by atoms with E-state index in [1.807, 2.05) is 23.5 Å². The molecule has 2 aliphatic heterocycles. The normalized spacial score (nSPS) is 22.2. The third kappa shape index (κ3) is 0.650. The zero-order valence-electron chi connectivity index (χ0n) is 4.99. The summed E-state index contributed by atoms with van der Waals surface area (Å²) in [6.07, 6.45) is 6.60. The van der Waals surface area contributed by atoms with E-state index in [1.165, 1.54) is 0 Å². The lowest BCUT2D eigenvalue weighted by atomic mass is 10.4. The minimum absolute atomic E-state index is 0.884. The van der Waals surface area contributed by atoms with Gasteiger partial charge in [-0.1, -0.05) is 0 Å². The van der Waals surface area contributed by atoms with Crippen molar-refractivity contribution in [1.29, 1.82) is 0 Å². The quantitative estimate of drug-likeness (QED) is 0.461. The van der Waals surface area contributed by atoms with Gasteiger partial charge < -0.3 is 0 Å². The number of fused-ring (bicyclic) bond motifs is 1. The zero-order chi connectivity index (χ0) is 6.10. The highest BCUT2D eigenvalue weighted by atomic mass is 15.5. The fourth-order valence-corrected chi connectivity index (χ4v) is 0.951. The summed E-state index contributed by atoms with van der Waals surface area (Å²) in [5.41, 5.74) is 0. The van der Waals surface area contributed by atoms with Crippen LogP contribution in [-0.2, 0) is 0 Å². The standard InChI is InChI=1S/C6H7N3/c1-3-7-6-2-4-8-9(6)5-1/h1,3-4H,2,5H2. The van der Waals surface area contributed by atoms with Crippen LogP contribution in [0.5, 0.6) is 0 Å². The van der Waals surface area contributed by atoms with Crippen molar-refractivity contribution in [2.24, 2.45) is 10.1 Å². The van der Waals surface area contributed by atoms with Gasteiger partial charge in [-0.05, 0) is 6.08 Å². The van der Waals surface area contributed by atoms with Crippen molar-refractivity contribution in [2.75, 3.05) is 6.54 Å². The number of aliphatic imine (C=N–C) groups is 1. The molecule has 2 heterocycles. The average molecular weight is 121 g/mol. The molecule has 2 rings (SSSR count). The van der Waals surface area contributed by atoms with Gasteiger partial charge in [0.2, 0.25) is 0 Å². The van der Waals surface area contributed by atoms with Crippen molar-refractivity contribution >= 4 is 12.1 Å². The molecule has 0 amide bonds. The first kappa shape index (κ1) is 4.73. The maximum atomic E-state index is 4.13. The van der Waals surface area contributed by atoms with Crippen LogP contribution in [0.1, 0.15) is 6.42 Å². The Morgan fingerprint density at radius 3 is 3.44 bits per heavy atom. The lowest BCUT2D eigenvalue weighted by Gasteiger charge is -2.14. The van der Waals surface area contributed by atoms with Crippen LogP contribution in [0.4, 0.5) is 0 Å². The molecule has 3 nitrogen and oxygen atoms in total. The summed E-state index contributed by atoms with van der Waals surface area (Å²) >= 11 is 0. The second kappa shape index (κ2) is 1.69. The average Bonchev–Trinajstić information content (AvgIpc) is 2.33. The maximum Gasteiger partial charge on any atom is 0.130 e. The van der Waals surface area contributed by atoms with Crippen LogP contribution >= 0.6 is 0 Å². The molecule has 0 saturated carbocycles. The molecule has 0 spiro atoms. The van der Waals surface area contributed by atoms with Gasteiger partial charge in [0.05, 0.1) is 6.54 Å². The van der Waals surface area contributed by atoms with Crippen LogP contribution in [0.2, 0.25) is 0 Å². The van der Waals surface area contributed by atoms with E-state index >= 15 is 0 Å². The molecule has 0 fully saturated rings. The number of hydrogen-bond acceptors (Lipinski definition) is 3. The van der Waals surface area contributed by atoms with Gasteiger partial charge >= 0.3 is 0 Å². The van der Waals surface area contributed by atoms with Gasteiger partial charge in [0, 0.05) is 18.8 Å². The van der Waals surface area contributed by atoms with E-state index < -0.39 is 0 Å². The number of hydrogen-bond donors (Lipinski definition) is 0. The molecule has 0 aromatic heterocycles. The molecular weight excluding hydrogens is 114 g/mol. The molecule has 0 bridgehead atoms. The van der Waals surface area contributed by atoms with Crippen molar-refractivity contribution in [3.05, 3.63) is 12.3 Å². The molecule has 0 aliphatic carbocycles. The molecule has 0 unspecified atom stereocenters. The Bertz CT molecular complexity index is 202. The zero-order valence-corrected chi connectivity index (χ0v) is 4.99. The molecule has 0 saturated heterocycles. The van der Waals surface area contributed by atoms with E-state index in [1.54, 1.807) is 0 Å². The number of nitrogens with zero attached hydrogens (tertiary/aromatic N) is 3. The smallest absolute Gasteiger partial charge is 0.130 e. The first-order chi connectivity index (χ1) is 4.47. The summed E-state index contributed by atoms with van der Waals surface area (Å²) in [5, 5.41) is 5.99. The molecule has 2 aliphatic rings. The molecule has 46 valence electrons. The monoisotopic (exact) mass is 121 g/mol. The van der Waals surface area contributed by atoms with Crippen LogP contribution in [0.15, 0.2) is 22.4 Å². The highest BCUT2D eigenvalue weighted by molar-refractivity contribution is 5.98. The van der Waals surface area contributed by atoms with Crippen LogP contribution in [0, 0.1) is 0 Å².